The van der Waals surface area contributed by atoms with Gasteiger partial charge in [-0.1, -0.05) is 6.07 Å². The first kappa shape index (κ1) is 20.0. The number of imidazole rings is 1. The summed E-state index contributed by atoms with van der Waals surface area (Å²) in [5, 5.41) is 12.1. The highest BCUT2D eigenvalue weighted by Crippen LogP contribution is 2.34. The number of ether oxygens (including phenoxy) is 1. The maximum atomic E-state index is 11.4. The molecule has 0 bridgehead atoms. The molecule has 9 nitrogen and oxygen atoms in total. The van der Waals surface area contributed by atoms with Crippen LogP contribution in [0.3, 0.4) is 0 Å². The van der Waals surface area contributed by atoms with E-state index in [-0.39, 0.29) is 11.9 Å². The molecular formula is C24H26N6O3. The van der Waals surface area contributed by atoms with Gasteiger partial charge < -0.3 is 24.7 Å². The first-order valence-corrected chi connectivity index (χ1v) is 11.4. The summed E-state index contributed by atoms with van der Waals surface area (Å²) in [6.45, 7) is 5.48. The summed E-state index contributed by atoms with van der Waals surface area (Å²) >= 11 is 0. The Bertz CT molecular complexity index is 1330. The van der Waals surface area contributed by atoms with Crippen molar-refractivity contribution in [3.63, 3.8) is 0 Å². The van der Waals surface area contributed by atoms with Crippen LogP contribution in [0.15, 0.2) is 47.0 Å². The molecule has 5 heterocycles. The van der Waals surface area contributed by atoms with Gasteiger partial charge in [0.05, 0.1) is 12.2 Å². The van der Waals surface area contributed by atoms with Crippen molar-refractivity contribution in [3.05, 3.63) is 42.6 Å². The highest BCUT2D eigenvalue weighted by molar-refractivity contribution is 5.94. The summed E-state index contributed by atoms with van der Waals surface area (Å²) in [5.41, 5.74) is 3.50. The maximum Gasteiger partial charge on any atom is 0.231 e. The van der Waals surface area contributed by atoms with E-state index in [1.54, 1.807) is 16.8 Å². The molecule has 6 rings (SSSR count). The van der Waals surface area contributed by atoms with Gasteiger partial charge in [0.25, 0.3) is 0 Å². The number of carbonyl (C=O) groups is 1. The first-order valence-electron chi connectivity index (χ1n) is 11.4. The zero-order chi connectivity index (χ0) is 22.4. The minimum absolute atomic E-state index is 0.0266. The van der Waals surface area contributed by atoms with E-state index >= 15 is 0 Å². The SMILES string of the molecule is CC1CN(c2cccc3oc(-c4cnc5ccc(OCC6CCC(=O)N6)nn45)cc23)CCN1. The molecule has 2 aliphatic heterocycles. The second-order valence-electron chi connectivity index (χ2n) is 8.80. The predicted octanol–water partition coefficient (Wildman–Crippen LogP) is 2.60. The number of fused-ring (bicyclic) bond motifs is 2. The molecule has 0 spiro atoms. The molecule has 1 aromatic carbocycles. The van der Waals surface area contributed by atoms with Gasteiger partial charge in [0.15, 0.2) is 11.4 Å². The number of rotatable bonds is 5. The Labute approximate surface area is 190 Å². The number of amides is 1. The molecule has 2 saturated heterocycles. The molecule has 0 saturated carbocycles. The molecule has 2 fully saturated rings. The van der Waals surface area contributed by atoms with Crippen LogP contribution in [-0.2, 0) is 4.79 Å². The molecule has 4 aromatic rings. The average Bonchev–Trinajstić information content (AvgIpc) is 3.54. The van der Waals surface area contributed by atoms with Crippen LogP contribution in [0.25, 0.3) is 28.1 Å². The van der Waals surface area contributed by atoms with E-state index in [0.29, 0.717) is 36.4 Å². The van der Waals surface area contributed by atoms with Crippen LogP contribution in [0.1, 0.15) is 19.8 Å². The van der Waals surface area contributed by atoms with Gasteiger partial charge >= 0.3 is 0 Å². The van der Waals surface area contributed by atoms with Crippen molar-refractivity contribution in [1.82, 2.24) is 25.2 Å². The third-order valence-electron chi connectivity index (χ3n) is 6.36. The van der Waals surface area contributed by atoms with Crippen LogP contribution in [0.5, 0.6) is 5.88 Å². The number of nitrogens with one attached hydrogen (secondary N) is 2. The van der Waals surface area contributed by atoms with Crippen LogP contribution >= 0.6 is 0 Å². The predicted molar refractivity (Wildman–Crippen MR) is 125 cm³/mol. The van der Waals surface area contributed by atoms with Crippen LogP contribution in [0.2, 0.25) is 0 Å². The molecule has 3 aromatic heterocycles. The number of piperazine rings is 1. The summed E-state index contributed by atoms with van der Waals surface area (Å²) in [5.74, 6) is 1.26. The fourth-order valence-corrected chi connectivity index (χ4v) is 4.69. The minimum atomic E-state index is 0.0266. The van der Waals surface area contributed by atoms with Gasteiger partial charge in [0.2, 0.25) is 11.8 Å². The van der Waals surface area contributed by atoms with E-state index in [0.717, 1.165) is 42.7 Å². The molecule has 2 unspecified atom stereocenters. The van der Waals surface area contributed by atoms with Crippen molar-refractivity contribution < 1.29 is 13.9 Å². The first-order chi connectivity index (χ1) is 16.1. The van der Waals surface area contributed by atoms with Crippen molar-refractivity contribution >= 4 is 28.2 Å². The number of hydrogen-bond donors (Lipinski definition) is 2. The average molecular weight is 447 g/mol. The molecule has 0 aliphatic carbocycles. The molecule has 33 heavy (non-hydrogen) atoms. The number of anilines is 1. The Morgan fingerprint density at radius 1 is 1.27 bits per heavy atom. The summed E-state index contributed by atoms with van der Waals surface area (Å²) < 4.78 is 13.8. The van der Waals surface area contributed by atoms with Gasteiger partial charge in [-0.3, -0.25) is 4.79 Å². The lowest BCUT2D eigenvalue weighted by molar-refractivity contribution is -0.119. The third kappa shape index (κ3) is 3.78. The molecular weight excluding hydrogens is 420 g/mol. The fraction of sp³-hybridized carbons (Fsp3) is 0.375. The fourth-order valence-electron chi connectivity index (χ4n) is 4.69. The van der Waals surface area contributed by atoms with Crippen molar-refractivity contribution in [1.29, 1.82) is 0 Å². The van der Waals surface area contributed by atoms with Gasteiger partial charge in [-0.15, -0.1) is 5.10 Å². The van der Waals surface area contributed by atoms with Crippen LogP contribution < -0.4 is 20.3 Å². The normalized spacial score (nSPS) is 21.1. The van der Waals surface area contributed by atoms with Gasteiger partial charge in [0, 0.05) is 49.2 Å². The number of furan rings is 1. The zero-order valence-electron chi connectivity index (χ0n) is 18.5. The van der Waals surface area contributed by atoms with E-state index in [1.165, 1.54) is 5.69 Å². The quantitative estimate of drug-likeness (QED) is 0.486. The second-order valence-corrected chi connectivity index (χ2v) is 8.80. The number of aromatic nitrogens is 3. The van der Waals surface area contributed by atoms with Gasteiger partial charge in [-0.05, 0) is 37.6 Å². The number of benzene rings is 1. The maximum absolute atomic E-state index is 11.4. The van der Waals surface area contributed by atoms with E-state index in [4.69, 9.17) is 9.15 Å². The van der Waals surface area contributed by atoms with E-state index in [1.807, 2.05) is 18.2 Å². The van der Waals surface area contributed by atoms with Crippen LogP contribution in [0, 0.1) is 0 Å². The Morgan fingerprint density at radius 2 is 2.21 bits per heavy atom. The summed E-state index contributed by atoms with van der Waals surface area (Å²) in [4.78, 5) is 18.3. The lowest BCUT2D eigenvalue weighted by Gasteiger charge is -2.33. The van der Waals surface area contributed by atoms with Gasteiger partial charge in [-0.25, -0.2) is 9.50 Å². The minimum Gasteiger partial charge on any atom is -0.474 e. The van der Waals surface area contributed by atoms with Crippen LogP contribution in [0.4, 0.5) is 5.69 Å². The zero-order valence-corrected chi connectivity index (χ0v) is 18.5. The standard InChI is InChI=1S/C24H26N6O3/c1-15-13-29(10-9-25-15)18-3-2-4-20-17(18)11-21(33-20)19-12-26-22-6-8-24(28-30(19)22)32-14-16-5-7-23(31)27-16/h2-4,6,8,11-12,15-16,25H,5,7,9-10,13-14H2,1H3,(H,27,31). The lowest BCUT2D eigenvalue weighted by Crippen LogP contribution is -2.49. The van der Waals surface area contributed by atoms with Crippen molar-refractivity contribution in [3.8, 4) is 17.3 Å². The van der Waals surface area contributed by atoms with Crippen molar-refractivity contribution in [2.45, 2.75) is 31.8 Å². The van der Waals surface area contributed by atoms with Crippen molar-refractivity contribution in [2.24, 2.45) is 0 Å². The third-order valence-corrected chi connectivity index (χ3v) is 6.36. The molecule has 2 atom stereocenters. The van der Waals surface area contributed by atoms with E-state index < -0.39 is 0 Å². The van der Waals surface area contributed by atoms with E-state index in [9.17, 15) is 4.79 Å². The second kappa shape index (κ2) is 8.08. The lowest BCUT2D eigenvalue weighted by atomic mass is 10.1. The largest absolute Gasteiger partial charge is 0.474 e. The molecule has 170 valence electrons. The van der Waals surface area contributed by atoms with Gasteiger partial charge in [0.1, 0.15) is 17.9 Å². The monoisotopic (exact) mass is 446 g/mol. The van der Waals surface area contributed by atoms with Gasteiger partial charge in [-0.2, -0.15) is 0 Å². The molecule has 1 amide bonds. The number of nitrogens with zero attached hydrogens (tertiary/aromatic N) is 4. The Hall–Kier alpha value is -3.59. The van der Waals surface area contributed by atoms with Crippen molar-refractivity contribution in [2.75, 3.05) is 31.1 Å². The molecule has 2 N–H and O–H groups in total. The Balaban J connectivity index is 1.31. The highest BCUT2D eigenvalue weighted by atomic mass is 16.5. The topological polar surface area (TPSA) is 96.9 Å². The smallest absolute Gasteiger partial charge is 0.231 e. The Kier molecular flexibility index (Phi) is 4.91. The van der Waals surface area contributed by atoms with E-state index in [2.05, 4.69) is 44.7 Å². The Morgan fingerprint density at radius 3 is 3.06 bits per heavy atom. The highest BCUT2D eigenvalue weighted by Gasteiger charge is 2.22. The summed E-state index contributed by atoms with van der Waals surface area (Å²) in [6, 6.07) is 12.4. The number of hydrogen-bond acceptors (Lipinski definition) is 7. The van der Waals surface area contributed by atoms with Crippen LogP contribution in [-0.4, -0.2) is 58.8 Å². The molecule has 9 heteroatoms. The number of carbonyl (C=O) groups excluding carboxylic acids is 1. The summed E-state index contributed by atoms with van der Waals surface area (Å²) in [6.07, 6.45) is 3.10. The summed E-state index contributed by atoms with van der Waals surface area (Å²) in [7, 11) is 0. The molecule has 2 aliphatic rings. The molecule has 0 radical (unpaired) electrons.